The summed E-state index contributed by atoms with van der Waals surface area (Å²) in [5, 5.41) is 0. The summed E-state index contributed by atoms with van der Waals surface area (Å²) < 4.78 is 2.04. The van der Waals surface area contributed by atoms with E-state index in [-0.39, 0.29) is 0 Å². The van der Waals surface area contributed by atoms with Crippen molar-refractivity contribution in [1.82, 2.24) is 0 Å². The topological polar surface area (TPSA) is 20.1 Å². The number of rotatable bonds is 2. The zero-order valence-corrected chi connectivity index (χ0v) is 9.58. The monoisotopic (exact) mass is 208 g/mol. The summed E-state index contributed by atoms with van der Waals surface area (Å²) in [6.07, 6.45) is 15.0. The SMILES string of the molecule is O=C=[N+](C1CCCCC1)C1CCCCC1. The molecule has 2 saturated carbocycles. The number of hydrogen-bond acceptors (Lipinski definition) is 1. The highest BCUT2D eigenvalue weighted by molar-refractivity contribution is 5.25. The molecule has 2 nitrogen and oxygen atoms in total. The molecule has 2 fully saturated rings. The summed E-state index contributed by atoms with van der Waals surface area (Å²) in [5.74, 6) is 0. The van der Waals surface area contributed by atoms with E-state index in [2.05, 4.69) is 6.08 Å². The highest BCUT2D eigenvalue weighted by Crippen LogP contribution is 2.26. The van der Waals surface area contributed by atoms with Gasteiger partial charge in [-0.05, 0) is 25.7 Å². The van der Waals surface area contributed by atoms with Crippen molar-refractivity contribution in [3.63, 3.8) is 0 Å². The van der Waals surface area contributed by atoms with Crippen LogP contribution in [0.2, 0.25) is 0 Å². The predicted molar refractivity (Wildman–Crippen MR) is 59.7 cm³/mol. The molecule has 0 N–H and O–H groups in total. The molecule has 2 rings (SSSR count). The second-order valence-electron chi connectivity index (χ2n) is 5.08. The third-order valence-corrected chi connectivity index (χ3v) is 4.04. The van der Waals surface area contributed by atoms with Gasteiger partial charge in [0.2, 0.25) is 0 Å². The summed E-state index contributed by atoms with van der Waals surface area (Å²) in [7, 11) is 0. The van der Waals surface area contributed by atoms with E-state index in [4.69, 9.17) is 0 Å². The fraction of sp³-hybridized carbons (Fsp3) is 0.923. The van der Waals surface area contributed by atoms with Gasteiger partial charge in [0.25, 0.3) is 0 Å². The molecule has 84 valence electrons. The lowest BCUT2D eigenvalue weighted by molar-refractivity contribution is -0.605. The van der Waals surface area contributed by atoms with E-state index in [1.54, 1.807) is 0 Å². The van der Waals surface area contributed by atoms with Crippen LogP contribution in [0.5, 0.6) is 0 Å². The van der Waals surface area contributed by atoms with Gasteiger partial charge in [0.15, 0.2) is 12.1 Å². The molecule has 2 aliphatic carbocycles. The van der Waals surface area contributed by atoms with Crippen LogP contribution < -0.4 is 0 Å². The number of hydrogen-bond donors (Lipinski definition) is 0. The van der Waals surface area contributed by atoms with Gasteiger partial charge in [-0.1, -0.05) is 12.8 Å². The van der Waals surface area contributed by atoms with Crippen molar-refractivity contribution in [3.8, 4) is 0 Å². The van der Waals surface area contributed by atoms with Crippen LogP contribution in [0, 0.1) is 0 Å². The Kier molecular flexibility index (Phi) is 3.96. The van der Waals surface area contributed by atoms with Crippen molar-refractivity contribution >= 4 is 6.08 Å². The number of nitrogens with zero attached hydrogens (tertiary/aromatic N) is 1. The molecule has 0 unspecified atom stereocenters. The molecule has 0 amide bonds. The molecule has 0 bridgehead atoms. The van der Waals surface area contributed by atoms with Gasteiger partial charge in [-0.15, -0.1) is 4.58 Å². The normalized spacial score (nSPS) is 24.8. The second kappa shape index (κ2) is 5.46. The fourth-order valence-corrected chi connectivity index (χ4v) is 3.17. The van der Waals surface area contributed by atoms with Gasteiger partial charge in [0.05, 0.1) is 0 Å². The minimum absolute atomic E-state index is 0.513. The van der Waals surface area contributed by atoms with Crippen molar-refractivity contribution in [3.05, 3.63) is 0 Å². The quantitative estimate of drug-likeness (QED) is 0.388. The highest BCUT2D eigenvalue weighted by Gasteiger charge is 2.32. The predicted octanol–water partition coefficient (Wildman–Crippen LogP) is 3.00. The molecule has 0 aliphatic heterocycles. The molecular weight excluding hydrogens is 186 g/mol. The first kappa shape index (κ1) is 10.9. The lowest BCUT2D eigenvalue weighted by atomic mass is 9.90. The van der Waals surface area contributed by atoms with Crippen LogP contribution in [0.1, 0.15) is 64.2 Å². The van der Waals surface area contributed by atoms with Crippen LogP contribution in [0.25, 0.3) is 0 Å². The summed E-state index contributed by atoms with van der Waals surface area (Å²) in [6, 6.07) is 1.03. The van der Waals surface area contributed by atoms with E-state index in [1.807, 2.05) is 4.58 Å². The molecular formula is C13H22NO+. The molecule has 0 aromatic heterocycles. The Morgan fingerprint density at radius 3 is 1.47 bits per heavy atom. The molecule has 0 saturated heterocycles. The second-order valence-corrected chi connectivity index (χ2v) is 5.08. The Labute approximate surface area is 92.4 Å². The molecule has 2 aliphatic rings. The van der Waals surface area contributed by atoms with Gasteiger partial charge in [-0.25, -0.2) is 0 Å². The smallest absolute Gasteiger partial charge is 0.159 e. The maximum atomic E-state index is 11.1. The summed E-state index contributed by atoms with van der Waals surface area (Å²) >= 11 is 0. The van der Waals surface area contributed by atoms with Crippen molar-refractivity contribution in [1.29, 1.82) is 0 Å². The van der Waals surface area contributed by atoms with E-state index in [0.29, 0.717) is 12.1 Å². The molecule has 0 radical (unpaired) electrons. The maximum absolute atomic E-state index is 11.1. The minimum Gasteiger partial charge on any atom is -0.159 e. The largest absolute Gasteiger partial charge is 0.424 e. The third kappa shape index (κ3) is 2.69. The third-order valence-electron chi connectivity index (χ3n) is 4.04. The Bertz CT molecular complexity index is 223. The minimum atomic E-state index is 0.513. The molecule has 0 spiro atoms. The van der Waals surface area contributed by atoms with Crippen LogP contribution in [-0.2, 0) is 4.79 Å². The Morgan fingerprint density at radius 1 is 0.733 bits per heavy atom. The lowest BCUT2D eigenvalue weighted by Gasteiger charge is -2.24. The first-order chi connectivity index (χ1) is 7.42. The van der Waals surface area contributed by atoms with Gasteiger partial charge in [0.1, 0.15) is 0 Å². The van der Waals surface area contributed by atoms with Gasteiger partial charge >= 0.3 is 6.08 Å². The first-order valence-corrected chi connectivity index (χ1v) is 6.58. The van der Waals surface area contributed by atoms with Crippen molar-refractivity contribution in [2.45, 2.75) is 76.3 Å². The van der Waals surface area contributed by atoms with E-state index in [0.717, 1.165) is 0 Å². The average molecular weight is 208 g/mol. The molecule has 0 heterocycles. The zero-order chi connectivity index (χ0) is 10.5. The lowest BCUT2D eigenvalue weighted by Crippen LogP contribution is -2.37. The van der Waals surface area contributed by atoms with Crippen LogP contribution in [0.4, 0.5) is 0 Å². The van der Waals surface area contributed by atoms with E-state index < -0.39 is 0 Å². The fourth-order valence-electron chi connectivity index (χ4n) is 3.17. The van der Waals surface area contributed by atoms with Crippen molar-refractivity contribution in [2.24, 2.45) is 0 Å². The molecule has 15 heavy (non-hydrogen) atoms. The van der Waals surface area contributed by atoms with Gasteiger partial charge in [0, 0.05) is 25.7 Å². The Balaban J connectivity index is 1.99. The summed E-state index contributed by atoms with van der Waals surface area (Å²) in [4.78, 5) is 11.1. The zero-order valence-electron chi connectivity index (χ0n) is 9.58. The van der Waals surface area contributed by atoms with Crippen LogP contribution >= 0.6 is 0 Å². The number of carbonyl (C=O) groups excluding carboxylic acids is 1. The standard InChI is InChI=1S/C13H22NO/c15-11-14(12-7-3-1-4-8-12)13-9-5-2-6-10-13/h12-13H,1-10H2/q+1. The Hall–Kier alpha value is -0.620. The van der Waals surface area contributed by atoms with Gasteiger partial charge in [-0.2, -0.15) is 4.79 Å². The van der Waals surface area contributed by atoms with Crippen LogP contribution in [0.15, 0.2) is 0 Å². The van der Waals surface area contributed by atoms with Crippen molar-refractivity contribution < 1.29 is 9.37 Å². The van der Waals surface area contributed by atoms with E-state index in [1.165, 1.54) is 64.2 Å². The van der Waals surface area contributed by atoms with Gasteiger partial charge in [-0.3, -0.25) is 0 Å². The molecule has 0 atom stereocenters. The number of isocyanates is 1. The molecule has 0 aromatic rings. The average Bonchev–Trinajstić information content (AvgIpc) is 2.33. The Morgan fingerprint density at radius 2 is 1.13 bits per heavy atom. The molecule has 0 aromatic carbocycles. The molecule has 2 heteroatoms. The van der Waals surface area contributed by atoms with E-state index in [9.17, 15) is 4.79 Å². The van der Waals surface area contributed by atoms with Crippen LogP contribution in [-0.4, -0.2) is 22.7 Å². The highest BCUT2D eigenvalue weighted by atomic mass is 16.1. The van der Waals surface area contributed by atoms with Crippen LogP contribution in [0.3, 0.4) is 0 Å². The maximum Gasteiger partial charge on any atom is 0.424 e. The summed E-state index contributed by atoms with van der Waals surface area (Å²) in [6.45, 7) is 0. The van der Waals surface area contributed by atoms with Crippen molar-refractivity contribution in [2.75, 3.05) is 0 Å². The summed E-state index contributed by atoms with van der Waals surface area (Å²) in [5.41, 5.74) is 0. The first-order valence-electron chi connectivity index (χ1n) is 6.58. The van der Waals surface area contributed by atoms with E-state index >= 15 is 0 Å². The van der Waals surface area contributed by atoms with Gasteiger partial charge < -0.3 is 0 Å².